The number of carboxylic acids is 1. The summed E-state index contributed by atoms with van der Waals surface area (Å²) in [4.78, 5) is 12.7. The van der Waals surface area contributed by atoms with Crippen LogP contribution in [0.15, 0.2) is 10.6 Å². The third kappa shape index (κ3) is 2.53. The molecular weight excluding hydrogens is 208 g/mol. The predicted molar refractivity (Wildman–Crippen MR) is 58.4 cm³/mol. The molecule has 2 rings (SSSR count). The van der Waals surface area contributed by atoms with Gasteiger partial charge in [0.05, 0.1) is 0 Å². The van der Waals surface area contributed by atoms with Gasteiger partial charge in [-0.15, -0.1) is 0 Å². The summed E-state index contributed by atoms with van der Waals surface area (Å²) in [7, 11) is 0. The van der Waals surface area contributed by atoms with E-state index in [0.29, 0.717) is 5.92 Å². The van der Waals surface area contributed by atoms with Gasteiger partial charge in [0.25, 0.3) is 0 Å². The lowest BCUT2D eigenvalue weighted by molar-refractivity contribution is -0.138. The Hall–Kier alpha value is -1.52. The van der Waals surface area contributed by atoms with E-state index < -0.39 is 5.97 Å². The van der Waals surface area contributed by atoms with Crippen molar-refractivity contribution in [3.63, 3.8) is 0 Å². The number of anilines is 1. The Morgan fingerprint density at radius 1 is 1.62 bits per heavy atom. The lowest BCUT2D eigenvalue weighted by Crippen LogP contribution is -2.34. The van der Waals surface area contributed by atoms with Gasteiger partial charge >= 0.3 is 5.97 Å². The van der Waals surface area contributed by atoms with Crippen molar-refractivity contribution in [2.24, 2.45) is 5.92 Å². The Morgan fingerprint density at radius 2 is 2.31 bits per heavy atom. The molecule has 0 atom stereocenters. The molecule has 1 saturated heterocycles. The minimum Gasteiger partial charge on any atom is -0.481 e. The molecule has 0 radical (unpaired) electrons. The monoisotopic (exact) mass is 224 g/mol. The lowest BCUT2D eigenvalue weighted by atomic mass is 9.94. The maximum absolute atomic E-state index is 10.6. The normalized spacial score (nSPS) is 17.7. The van der Waals surface area contributed by atoms with E-state index in [1.807, 2.05) is 13.0 Å². The van der Waals surface area contributed by atoms with E-state index >= 15 is 0 Å². The largest absolute Gasteiger partial charge is 0.481 e. The Kier molecular flexibility index (Phi) is 3.12. The summed E-state index contributed by atoms with van der Waals surface area (Å²) in [6.45, 7) is 3.60. The first-order valence-corrected chi connectivity index (χ1v) is 5.55. The van der Waals surface area contributed by atoms with Crippen LogP contribution in [0.2, 0.25) is 0 Å². The molecule has 0 aromatic carbocycles. The van der Waals surface area contributed by atoms with Crippen LogP contribution in [-0.2, 0) is 4.79 Å². The predicted octanol–water partition coefficient (Wildman–Crippen LogP) is 1.67. The summed E-state index contributed by atoms with van der Waals surface area (Å²) in [6.07, 6.45) is 2.11. The summed E-state index contributed by atoms with van der Waals surface area (Å²) >= 11 is 0. The molecule has 5 heteroatoms. The highest BCUT2D eigenvalue weighted by Crippen LogP contribution is 2.24. The number of aromatic nitrogens is 1. The molecule has 0 unspecified atom stereocenters. The average molecular weight is 224 g/mol. The quantitative estimate of drug-likeness (QED) is 0.846. The van der Waals surface area contributed by atoms with Crippen LogP contribution in [0.1, 0.15) is 25.0 Å². The van der Waals surface area contributed by atoms with Gasteiger partial charge in [-0.1, -0.05) is 5.16 Å². The van der Waals surface area contributed by atoms with Crippen LogP contribution in [-0.4, -0.2) is 29.3 Å². The number of rotatable bonds is 3. The smallest absolute Gasteiger partial charge is 0.303 e. The minimum absolute atomic E-state index is 0.283. The summed E-state index contributed by atoms with van der Waals surface area (Å²) in [6, 6.07) is 1.91. The molecule has 0 saturated carbocycles. The molecule has 1 aromatic heterocycles. The zero-order valence-corrected chi connectivity index (χ0v) is 9.35. The number of carboxylic acid groups (broad SMARTS) is 1. The van der Waals surface area contributed by atoms with E-state index in [9.17, 15) is 4.79 Å². The van der Waals surface area contributed by atoms with E-state index in [0.717, 1.165) is 37.5 Å². The molecule has 1 fully saturated rings. The molecule has 0 bridgehead atoms. The summed E-state index contributed by atoms with van der Waals surface area (Å²) < 4.78 is 5.02. The maximum Gasteiger partial charge on any atom is 0.303 e. The fourth-order valence-corrected chi connectivity index (χ4v) is 2.12. The fourth-order valence-electron chi connectivity index (χ4n) is 2.12. The highest BCUT2D eigenvalue weighted by Gasteiger charge is 2.22. The van der Waals surface area contributed by atoms with Gasteiger partial charge in [0.1, 0.15) is 5.76 Å². The van der Waals surface area contributed by atoms with Gasteiger partial charge in [0.2, 0.25) is 0 Å². The fraction of sp³-hybridized carbons (Fsp3) is 0.636. The number of piperidine rings is 1. The van der Waals surface area contributed by atoms with Crippen LogP contribution in [0, 0.1) is 12.8 Å². The van der Waals surface area contributed by atoms with E-state index in [-0.39, 0.29) is 6.42 Å². The molecule has 1 N–H and O–H groups in total. The first-order chi connectivity index (χ1) is 7.65. The number of carbonyl (C=O) groups is 1. The van der Waals surface area contributed by atoms with Crippen molar-refractivity contribution < 1.29 is 14.4 Å². The second kappa shape index (κ2) is 4.55. The van der Waals surface area contributed by atoms with Crippen LogP contribution < -0.4 is 4.90 Å². The van der Waals surface area contributed by atoms with Gasteiger partial charge in [-0.25, -0.2) is 0 Å². The van der Waals surface area contributed by atoms with Crippen LogP contribution in [0.25, 0.3) is 0 Å². The number of hydrogen-bond donors (Lipinski definition) is 1. The maximum atomic E-state index is 10.6. The van der Waals surface area contributed by atoms with Crippen molar-refractivity contribution in [2.75, 3.05) is 18.0 Å². The summed E-state index contributed by atoms with van der Waals surface area (Å²) in [5, 5.41) is 12.7. The number of hydrogen-bond acceptors (Lipinski definition) is 4. The molecule has 5 nitrogen and oxygen atoms in total. The van der Waals surface area contributed by atoms with Crippen LogP contribution >= 0.6 is 0 Å². The number of aliphatic carboxylic acids is 1. The van der Waals surface area contributed by atoms with Crippen molar-refractivity contribution in [1.29, 1.82) is 0 Å². The molecule has 1 aromatic rings. The third-order valence-corrected chi connectivity index (χ3v) is 3.02. The van der Waals surface area contributed by atoms with Crippen molar-refractivity contribution in [3.05, 3.63) is 11.8 Å². The molecule has 1 aliphatic rings. The van der Waals surface area contributed by atoms with E-state index in [4.69, 9.17) is 9.63 Å². The van der Waals surface area contributed by atoms with Gasteiger partial charge in [-0.2, -0.15) is 0 Å². The highest BCUT2D eigenvalue weighted by atomic mass is 16.5. The molecule has 0 aliphatic carbocycles. The lowest BCUT2D eigenvalue weighted by Gasteiger charge is -2.30. The van der Waals surface area contributed by atoms with Crippen molar-refractivity contribution in [3.8, 4) is 0 Å². The molecule has 16 heavy (non-hydrogen) atoms. The topological polar surface area (TPSA) is 66.6 Å². The molecule has 0 spiro atoms. The molecule has 0 amide bonds. The second-order valence-corrected chi connectivity index (χ2v) is 4.32. The standard InChI is InChI=1S/C11H16N2O3/c1-8-6-10(12-16-8)13-4-2-9(3-5-13)7-11(14)15/h6,9H,2-5,7H2,1H3,(H,14,15). The van der Waals surface area contributed by atoms with Crippen LogP contribution in [0.4, 0.5) is 5.82 Å². The molecular formula is C11H16N2O3. The Bertz CT molecular complexity index is 367. The number of aryl methyl sites for hydroxylation is 1. The SMILES string of the molecule is Cc1cc(N2CCC(CC(=O)O)CC2)no1. The van der Waals surface area contributed by atoms with Gasteiger partial charge < -0.3 is 14.5 Å². The zero-order valence-electron chi connectivity index (χ0n) is 9.35. The van der Waals surface area contributed by atoms with Gasteiger partial charge in [0, 0.05) is 25.6 Å². The van der Waals surface area contributed by atoms with Gasteiger partial charge in [-0.05, 0) is 25.7 Å². The van der Waals surface area contributed by atoms with Crippen molar-refractivity contribution in [1.82, 2.24) is 5.16 Å². The highest BCUT2D eigenvalue weighted by molar-refractivity contribution is 5.67. The van der Waals surface area contributed by atoms with Crippen molar-refractivity contribution in [2.45, 2.75) is 26.2 Å². The average Bonchev–Trinajstić information content (AvgIpc) is 2.65. The molecule has 2 heterocycles. The van der Waals surface area contributed by atoms with E-state index in [2.05, 4.69) is 10.1 Å². The van der Waals surface area contributed by atoms with Gasteiger partial charge in [-0.3, -0.25) is 4.79 Å². The Morgan fingerprint density at radius 3 is 2.81 bits per heavy atom. The molecule has 88 valence electrons. The van der Waals surface area contributed by atoms with Crippen LogP contribution in [0.5, 0.6) is 0 Å². The minimum atomic E-state index is -0.698. The first kappa shape index (κ1) is 11.0. The third-order valence-electron chi connectivity index (χ3n) is 3.02. The Balaban J connectivity index is 1.87. The van der Waals surface area contributed by atoms with Crippen molar-refractivity contribution >= 4 is 11.8 Å². The van der Waals surface area contributed by atoms with Gasteiger partial charge in [0.15, 0.2) is 5.82 Å². The summed E-state index contributed by atoms with van der Waals surface area (Å²) in [5.74, 6) is 1.28. The summed E-state index contributed by atoms with van der Waals surface area (Å²) in [5.41, 5.74) is 0. The van der Waals surface area contributed by atoms with E-state index in [1.165, 1.54) is 0 Å². The van der Waals surface area contributed by atoms with E-state index in [1.54, 1.807) is 0 Å². The number of nitrogens with zero attached hydrogens (tertiary/aromatic N) is 2. The second-order valence-electron chi connectivity index (χ2n) is 4.32. The van der Waals surface area contributed by atoms with Crippen LogP contribution in [0.3, 0.4) is 0 Å². The Labute approximate surface area is 94.0 Å². The first-order valence-electron chi connectivity index (χ1n) is 5.55. The zero-order chi connectivity index (χ0) is 11.5. The molecule has 1 aliphatic heterocycles.